The average Bonchev–Trinajstić information content (AvgIpc) is 3.01. The molecule has 42 heavy (non-hydrogen) atoms. The lowest BCUT2D eigenvalue weighted by Crippen LogP contribution is -2.16. The Balaban J connectivity index is 1.60. The molecule has 0 saturated carbocycles. The van der Waals surface area contributed by atoms with Crippen LogP contribution in [0.2, 0.25) is 0 Å². The molecule has 0 saturated heterocycles. The summed E-state index contributed by atoms with van der Waals surface area (Å²) in [4.78, 5) is 26.6. The van der Waals surface area contributed by atoms with Crippen molar-refractivity contribution in [3.05, 3.63) is 155 Å². The van der Waals surface area contributed by atoms with Gasteiger partial charge >= 0.3 is 5.97 Å². The summed E-state index contributed by atoms with van der Waals surface area (Å²) in [5, 5.41) is 20.9. The number of hydrogen-bond acceptors (Lipinski definition) is 4. The molecule has 5 rings (SSSR count). The summed E-state index contributed by atoms with van der Waals surface area (Å²) in [5.74, 6) is -1.31. The lowest BCUT2D eigenvalue weighted by molar-refractivity contribution is 0.0696. The van der Waals surface area contributed by atoms with Crippen LogP contribution in [0, 0.1) is 5.41 Å². The zero-order chi connectivity index (χ0) is 29.5. The van der Waals surface area contributed by atoms with Gasteiger partial charge in [0.2, 0.25) is 0 Å². The lowest BCUT2D eigenvalue weighted by atomic mass is 9.89. The number of nitrogens with two attached hydrogens (primary N) is 1. The number of nitrogen functional groups attached to an aromatic ring is 1. The van der Waals surface area contributed by atoms with Crippen LogP contribution >= 0.6 is 0 Å². The van der Waals surface area contributed by atoms with E-state index in [1.807, 2.05) is 60.7 Å². The number of nitrogens with one attached hydrogen (secondary N) is 2. The van der Waals surface area contributed by atoms with E-state index in [4.69, 9.17) is 15.9 Å². The van der Waals surface area contributed by atoms with Gasteiger partial charge in [-0.3, -0.25) is 10.2 Å². The fourth-order valence-corrected chi connectivity index (χ4v) is 4.81. The molecule has 208 valence electrons. The SMILES string of the molecule is N=C(N)c1ccc(NC(=O)c2c(OCc3ccccc3)cccc2-c2cccc(Cc3ccccc3)c2C(=O)O)cc1. The van der Waals surface area contributed by atoms with Gasteiger partial charge in [0.25, 0.3) is 5.91 Å². The second-order valence-corrected chi connectivity index (χ2v) is 9.71. The predicted octanol–water partition coefficient (Wildman–Crippen LogP) is 6.76. The first-order valence-electron chi connectivity index (χ1n) is 13.4. The number of carbonyl (C=O) groups excluding carboxylic acids is 1. The van der Waals surface area contributed by atoms with Crippen LogP contribution in [0.1, 0.15) is 43.0 Å². The number of hydrogen-bond donors (Lipinski definition) is 4. The van der Waals surface area contributed by atoms with Gasteiger partial charge in [0, 0.05) is 11.3 Å². The summed E-state index contributed by atoms with van der Waals surface area (Å²) >= 11 is 0. The molecule has 1 amide bonds. The Morgan fingerprint density at radius 1 is 0.714 bits per heavy atom. The van der Waals surface area contributed by atoms with Crippen molar-refractivity contribution in [1.29, 1.82) is 5.41 Å². The number of aromatic carboxylic acids is 1. The van der Waals surface area contributed by atoms with Crippen molar-refractivity contribution in [1.82, 2.24) is 0 Å². The molecule has 5 aromatic carbocycles. The summed E-state index contributed by atoms with van der Waals surface area (Å²) in [6, 6.07) is 36.3. The van der Waals surface area contributed by atoms with Crippen molar-refractivity contribution in [3.63, 3.8) is 0 Å². The molecule has 0 radical (unpaired) electrons. The Morgan fingerprint density at radius 2 is 1.31 bits per heavy atom. The standard InChI is InChI=1S/C35H29N3O4/c36-33(37)25-17-19-27(20-18-25)38-34(39)32-29(15-8-16-30(32)42-22-24-11-5-2-6-12-24)28-14-7-13-26(31(28)35(40)41)21-23-9-3-1-4-10-23/h1-20H,21-22H2,(H3,36,37)(H,38,39)(H,40,41). The van der Waals surface area contributed by atoms with Gasteiger partial charge < -0.3 is 20.9 Å². The summed E-state index contributed by atoms with van der Waals surface area (Å²) < 4.78 is 6.17. The molecule has 7 heteroatoms. The van der Waals surface area contributed by atoms with E-state index >= 15 is 0 Å². The zero-order valence-corrected chi connectivity index (χ0v) is 22.7. The van der Waals surface area contributed by atoms with E-state index in [1.54, 1.807) is 60.7 Å². The molecule has 0 aliphatic rings. The molecule has 0 fully saturated rings. The van der Waals surface area contributed by atoms with Crippen molar-refractivity contribution >= 4 is 23.4 Å². The van der Waals surface area contributed by atoms with E-state index in [1.165, 1.54) is 0 Å². The lowest BCUT2D eigenvalue weighted by Gasteiger charge is -2.18. The number of benzene rings is 5. The Hall–Kier alpha value is -5.69. The van der Waals surface area contributed by atoms with Crippen LogP contribution in [0.25, 0.3) is 11.1 Å². The van der Waals surface area contributed by atoms with Crippen LogP contribution in [-0.2, 0) is 13.0 Å². The van der Waals surface area contributed by atoms with Crippen LogP contribution in [0.4, 0.5) is 5.69 Å². The third-order valence-corrected chi connectivity index (χ3v) is 6.84. The highest BCUT2D eigenvalue weighted by Gasteiger charge is 2.24. The zero-order valence-electron chi connectivity index (χ0n) is 22.7. The first-order valence-corrected chi connectivity index (χ1v) is 13.4. The van der Waals surface area contributed by atoms with Crippen molar-refractivity contribution < 1.29 is 19.4 Å². The van der Waals surface area contributed by atoms with Crippen LogP contribution in [0.15, 0.2) is 121 Å². The molecule has 0 heterocycles. The summed E-state index contributed by atoms with van der Waals surface area (Å²) in [6.07, 6.45) is 0.421. The first kappa shape index (κ1) is 27.9. The Kier molecular flexibility index (Phi) is 8.40. The normalized spacial score (nSPS) is 10.6. The molecule has 7 nitrogen and oxygen atoms in total. The maximum absolute atomic E-state index is 13.9. The number of carboxylic acid groups (broad SMARTS) is 1. The van der Waals surface area contributed by atoms with Gasteiger partial charge in [0.15, 0.2) is 0 Å². The fraction of sp³-hybridized carbons (Fsp3) is 0.0571. The van der Waals surface area contributed by atoms with E-state index in [2.05, 4.69) is 5.32 Å². The molecule has 0 atom stereocenters. The fourth-order valence-electron chi connectivity index (χ4n) is 4.81. The Bertz CT molecular complexity index is 1730. The number of carbonyl (C=O) groups is 2. The summed E-state index contributed by atoms with van der Waals surface area (Å²) in [6.45, 7) is 0.220. The second-order valence-electron chi connectivity index (χ2n) is 9.71. The van der Waals surface area contributed by atoms with E-state index < -0.39 is 11.9 Å². The predicted molar refractivity (Wildman–Crippen MR) is 164 cm³/mol. The molecular weight excluding hydrogens is 526 g/mol. The van der Waals surface area contributed by atoms with E-state index in [0.717, 1.165) is 11.1 Å². The number of amides is 1. The van der Waals surface area contributed by atoms with Crippen LogP contribution in [0.3, 0.4) is 0 Å². The number of ether oxygens (including phenoxy) is 1. The highest BCUT2D eigenvalue weighted by molar-refractivity contribution is 6.12. The quantitative estimate of drug-likeness (QED) is 0.112. The Morgan fingerprint density at radius 3 is 1.93 bits per heavy atom. The molecule has 0 aliphatic carbocycles. The van der Waals surface area contributed by atoms with Crippen LogP contribution in [0.5, 0.6) is 5.75 Å². The van der Waals surface area contributed by atoms with E-state index in [-0.39, 0.29) is 23.6 Å². The molecule has 5 aromatic rings. The minimum absolute atomic E-state index is 0.0774. The molecule has 0 aliphatic heterocycles. The third-order valence-electron chi connectivity index (χ3n) is 6.84. The smallest absolute Gasteiger partial charge is 0.336 e. The van der Waals surface area contributed by atoms with Gasteiger partial charge in [0.1, 0.15) is 18.2 Å². The second kappa shape index (κ2) is 12.7. The van der Waals surface area contributed by atoms with Crippen molar-refractivity contribution in [2.75, 3.05) is 5.32 Å². The van der Waals surface area contributed by atoms with Gasteiger partial charge in [0.05, 0.1) is 11.1 Å². The monoisotopic (exact) mass is 555 g/mol. The van der Waals surface area contributed by atoms with Gasteiger partial charge in [-0.05, 0) is 64.6 Å². The van der Waals surface area contributed by atoms with Gasteiger partial charge in [-0.25, -0.2) is 4.79 Å². The largest absolute Gasteiger partial charge is 0.488 e. The molecule has 0 bridgehead atoms. The number of amidine groups is 1. The van der Waals surface area contributed by atoms with E-state index in [9.17, 15) is 14.7 Å². The minimum atomic E-state index is -1.08. The highest BCUT2D eigenvalue weighted by Crippen LogP contribution is 2.36. The molecular formula is C35H29N3O4. The summed E-state index contributed by atoms with van der Waals surface area (Å²) in [5.41, 5.74) is 10.3. The molecule has 0 unspecified atom stereocenters. The van der Waals surface area contributed by atoms with Gasteiger partial charge in [-0.1, -0.05) is 91.0 Å². The topological polar surface area (TPSA) is 126 Å². The van der Waals surface area contributed by atoms with Gasteiger partial charge in [-0.2, -0.15) is 0 Å². The number of anilines is 1. The van der Waals surface area contributed by atoms with E-state index in [0.29, 0.717) is 40.1 Å². The maximum atomic E-state index is 13.9. The molecule has 0 spiro atoms. The van der Waals surface area contributed by atoms with Crippen molar-refractivity contribution in [2.24, 2.45) is 5.73 Å². The highest BCUT2D eigenvalue weighted by atomic mass is 16.5. The maximum Gasteiger partial charge on any atom is 0.336 e. The van der Waals surface area contributed by atoms with Gasteiger partial charge in [-0.15, -0.1) is 0 Å². The minimum Gasteiger partial charge on any atom is -0.488 e. The Labute approximate surface area is 243 Å². The van der Waals surface area contributed by atoms with Crippen molar-refractivity contribution in [3.8, 4) is 16.9 Å². The number of rotatable bonds is 10. The summed E-state index contributed by atoms with van der Waals surface area (Å²) in [7, 11) is 0. The average molecular weight is 556 g/mol. The number of carboxylic acids is 1. The van der Waals surface area contributed by atoms with Crippen LogP contribution in [-0.4, -0.2) is 22.8 Å². The molecule has 5 N–H and O–H groups in total. The molecule has 0 aromatic heterocycles. The first-order chi connectivity index (χ1) is 20.4. The third kappa shape index (κ3) is 6.37. The van der Waals surface area contributed by atoms with Crippen molar-refractivity contribution in [2.45, 2.75) is 13.0 Å². The van der Waals surface area contributed by atoms with Crippen LogP contribution < -0.4 is 15.8 Å².